The van der Waals surface area contributed by atoms with Gasteiger partial charge >= 0.3 is 0 Å². The van der Waals surface area contributed by atoms with Crippen LogP contribution in [0.2, 0.25) is 0 Å². The van der Waals surface area contributed by atoms with Gasteiger partial charge in [-0.25, -0.2) is 4.98 Å². The molecule has 0 aliphatic rings. The van der Waals surface area contributed by atoms with Crippen LogP contribution in [0.4, 0.5) is 0 Å². The molecule has 0 spiro atoms. The second-order valence-corrected chi connectivity index (χ2v) is 4.17. The van der Waals surface area contributed by atoms with E-state index in [2.05, 4.69) is 23.8 Å². The van der Waals surface area contributed by atoms with Crippen molar-refractivity contribution in [2.75, 3.05) is 0 Å². The van der Waals surface area contributed by atoms with Crippen LogP contribution in [-0.4, -0.2) is 9.97 Å². The SMILES string of the molecule is CCCc1cnc(C(C)(N)CCC)[nH]1. The van der Waals surface area contributed by atoms with Crippen molar-refractivity contribution >= 4 is 0 Å². The van der Waals surface area contributed by atoms with Crippen LogP contribution in [0.5, 0.6) is 0 Å². The summed E-state index contributed by atoms with van der Waals surface area (Å²) < 4.78 is 0. The lowest BCUT2D eigenvalue weighted by Crippen LogP contribution is -2.34. The Labute approximate surface area is 86.1 Å². The van der Waals surface area contributed by atoms with Crippen LogP contribution in [0.1, 0.15) is 51.6 Å². The van der Waals surface area contributed by atoms with E-state index in [-0.39, 0.29) is 5.54 Å². The Hall–Kier alpha value is -0.830. The molecule has 1 rings (SSSR count). The second kappa shape index (κ2) is 4.60. The lowest BCUT2D eigenvalue weighted by Gasteiger charge is -2.21. The van der Waals surface area contributed by atoms with Crippen LogP contribution >= 0.6 is 0 Å². The van der Waals surface area contributed by atoms with Crippen LogP contribution in [0.15, 0.2) is 6.20 Å². The summed E-state index contributed by atoms with van der Waals surface area (Å²) in [5.41, 5.74) is 7.05. The molecule has 0 saturated heterocycles. The van der Waals surface area contributed by atoms with Crippen molar-refractivity contribution in [3.63, 3.8) is 0 Å². The number of rotatable bonds is 5. The molecule has 0 aliphatic heterocycles. The fraction of sp³-hybridized carbons (Fsp3) is 0.727. The fourth-order valence-electron chi connectivity index (χ4n) is 1.68. The van der Waals surface area contributed by atoms with Crippen molar-refractivity contribution in [2.24, 2.45) is 5.73 Å². The van der Waals surface area contributed by atoms with Gasteiger partial charge in [-0.2, -0.15) is 0 Å². The number of imidazole rings is 1. The molecule has 0 radical (unpaired) electrons. The second-order valence-electron chi connectivity index (χ2n) is 4.17. The van der Waals surface area contributed by atoms with Crippen LogP contribution in [0.3, 0.4) is 0 Å². The number of nitrogens with one attached hydrogen (secondary N) is 1. The first-order chi connectivity index (χ1) is 6.60. The number of hydrogen-bond donors (Lipinski definition) is 2. The Kier molecular flexibility index (Phi) is 3.69. The van der Waals surface area contributed by atoms with Crippen molar-refractivity contribution in [3.8, 4) is 0 Å². The molecular weight excluding hydrogens is 174 g/mol. The Morgan fingerprint density at radius 3 is 2.71 bits per heavy atom. The standard InChI is InChI=1S/C11H21N3/c1-4-6-9-8-13-10(14-9)11(3,12)7-5-2/h8H,4-7,12H2,1-3H3,(H,13,14). The number of H-pyrrole nitrogens is 1. The highest BCUT2D eigenvalue weighted by atomic mass is 15.0. The monoisotopic (exact) mass is 195 g/mol. The highest BCUT2D eigenvalue weighted by molar-refractivity contribution is 5.09. The smallest absolute Gasteiger partial charge is 0.126 e. The van der Waals surface area contributed by atoms with Gasteiger partial charge in [0.15, 0.2) is 0 Å². The van der Waals surface area contributed by atoms with Gasteiger partial charge in [0.05, 0.1) is 5.54 Å². The van der Waals surface area contributed by atoms with E-state index in [0.717, 1.165) is 31.5 Å². The van der Waals surface area contributed by atoms with Crippen molar-refractivity contribution in [1.82, 2.24) is 9.97 Å². The Balaban J connectivity index is 2.74. The number of aromatic amines is 1. The van der Waals surface area contributed by atoms with Gasteiger partial charge in [-0.15, -0.1) is 0 Å². The lowest BCUT2D eigenvalue weighted by molar-refractivity contribution is 0.423. The van der Waals surface area contributed by atoms with Crippen LogP contribution in [0, 0.1) is 0 Å². The number of aryl methyl sites for hydroxylation is 1. The molecule has 3 nitrogen and oxygen atoms in total. The summed E-state index contributed by atoms with van der Waals surface area (Å²) in [5, 5.41) is 0. The molecule has 3 N–H and O–H groups in total. The zero-order valence-corrected chi connectivity index (χ0v) is 9.43. The van der Waals surface area contributed by atoms with Gasteiger partial charge in [0.25, 0.3) is 0 Å². The van der Waals surface area contributed by atoms with E-state index >= 15 is 0 Å². The molecule has 1 atom stereocenters. The molecule has 0 bridgehead atoms. The third-order valence-corrected chi connectivity index (χ3v) is 2.46. The minimum atomic E-state index is -0.305. The van der Waals surface area contributed by atoms with Gasteiger partial charge in [-0.1, -0.05) is 26.7 Å². The molecule has 0 aromatic carbocycles. The molecule has 0 fully saturated rings. The molecule has 0 aliphatic carbocycles. The summed E-state index contributed by atoms with van der Waals surface area (Å²) in [4.78, 5) is 7.65. The maximum atomic E-state index is 6.16. The predicted molar refractivity (Wildman–Crippen MR) is 59.0 cm³/mol. The average molecular weight is 195 g/mol. The minimum Gasteiger partial charge on any atom is -0.344 e. The van der Waals surface area contributed by atoms with Crippen molar-refractivity contribution in [1.29, 1.82) is 0 Å². The molecule has 80 valence electrons. The molecule has 1 unspecified atom stereocenters. The Morgan fingerprint density at radius 2 is 2.14 bits per heavy atom. The number of nitrogens with two attached hydrogens (primary N) is 1. The van der Waals surface area contributed by atoms with Gasteiger partial charge in [0.2, 0.25) is 0 Å². The van der Waals surface area contributed by atoms with Crippen molar-refractivity contribution < 1.29 is 0 Å². The predicted octanol–water partition coefficient (Wildman–Crippen LogP) is 2.34. The quantitative estimate of drug-likeness (QED) is 0.757. The van der Waals surface area contributed by atoms with E-state index in [0.29, 0.717) is 0 Å². The van der Waals surface area contributed by atoms with Gasteiger partial charge < -0.3 is 10.7 Å². The highest BCUT2D eigenvalue weighted by Gasteiger charge is 2.23. The number of aromatic nitrogens is 2. The van der Waals surface area contributed by atoms with E-state index in [1.165, 1.54) is 5.69 Å². The van der Waals surface area contributed by atoms with Crippen molar-refractivity contribution in [3.05, 3.63) is 17.7 Å². The van der Waals surface area contributed by atoms with Gasteiger partial charge in [-0.3, -0.25) is 0 Å². The largest absolute Gasteiger partial charge is 0.344 e. The molecule has 1 aromatic heterocycles. The maximum Gasteiger partial charge on any atom is 0.126 e. The normalized spacial score (nSPS) is 15.4. The van der Waals surface area contributed by atoms with E-state index in [1.54, 1.807) is 0 Å². The number of hydrogen-bond acceptors (Lipinski definition) is 2. The third kappa shape index (κ3) is 2.58. The van der Waals surface area contributed by atoms with Crippen LogP contribution < -0.4 is 5.73 Å². The first kappa shape index (κ1) is 11.2. The summed E-state index contributed by atoms with van der Waals surface area (Å²) in [6.45, 7) is 6.33. The van der Waals surface area contributed by atoms with E-state index < -0.39 is 0 Å². The molecule has 1 heterocycles. The Bertz CT molecular complexity index is 276. The van der Waals surface area contributed by atoms with Crippen LogP contribution in [0.25, 0.3) is 0 Å². The van der Waals surface area contributed by atoms with Gasteiger partial charge in [0.1, 0.15) is 5.82 Å². The zero-order valence-electron chi connectivity index (χ0n) is 9.43. The summed E-state index contributed by atoms with van der Waals surface area (Å²) in [6, 6.07) is 0. The molecule has 3 heteroatoms. The molecule has 14 heavy (non-hydrogen) atoms. The van der Waals surface area contributed by atoms with E-state index in [1.807, 2.05) is 13.1 Å². The molecular formula is C11H21N3. The number of nitrogens with zero attached hydrogens (tertiary/aromatic N) is 1. The minimum absolute atomic E-state index is 0.305. The summed E-state index contributed by atoms with van der Waals surface area (Å²) in [6.07, 6.45) is 6.13. The molecule has 1 aromatic rings. The zero-order chi connectivity index (χ0) is 10.6. The Morgan fingerprint density at radius 1 is 1.43 bits per heavy atom. The summed E-state index contributed by atoms with van der Waals surface area (Å²) in [7, 11) is 0. The maximum absolute atomic E-state index is 6.16. The average Bonchev–Trinajstić information content (AvgIpc) is 2.54. The van der Waals surface area contributed by atoms with Crippen molar-refractivity contribution in [2.45, 2.75) is 52.0 Å². The lowest BCUT2D eigenvalue weighted by atomic mass is 9.97. The first-order valence-electron chi connectivity index (χ1n) is 5.43. The van der Waals surface area contributed by atoms with Crippen LogP contribution in [-0.2, 0) is 12.0 Å². The van der Waals surface area contributed by atoms with Gasteiger partial charge in [-0.05, 0) is 19.8 Å². The summed E-state index contributed by atoms with van der Waals surface area (Å²) in [5.74, 6) is 0.919. The first-order valence-corrected chi connectivity index (χ1v) is 5.43. The van der Waals surface area contributed by atoms with E-state index in [4.69, 9.17) is 5.73 Å². The fourth-order valence-corrected chi connectivity index (χ4v) is 1.68. The third-order valence-electron chi connectivity index (χ3n) is 2.46. The van der Waals surface area contributed by atoms with Gasteiger partial charge in [0, 0.05) is 11.9 Å². The topological polar surface area (TPSA) is 54.7 Å². The van der Waals surface area contributed by atoms with E-state index in [9.17, 15) is 0 Å². The highest BCUT2D eigenvalue weighted by Crippen LogP contribution is 2.20. The molecule has 0 amide bonds. The molecule has 0 saturated carbocycles. The summed E-state index contributed by atoms with van der Waals surface area (Å²) >= 11 is 0.